The van der Waals surface area contributed by atoms with Crippen LogP contribution >= 0.6 is 27.5 Å². The van der Waals surface area contributed by atoms with Crippen LogP contribution in [0.25, 0.3) is 0 Å². The Balaban J connectivity index is 2.00. The van der Waals surface area contributed by atoms with E-state index in [4.69, 9.17) is 21.1 Å². The van der Waals surface area contributed by atoms with Gasteiger partial charge in [-0.15, -0.1) is 0 Å². The lowest BCUT2D eigenvalue weighted by molar-refractivity contribution is -0.118. The molecule has 0 aliphatic rings. The van der Waals surface area contributed by atoms with Crippen molar-refractivity contribution in [3.8, 4) is 11.5 Å². The van der Waals surface area contributed by atoms with Crippen molar-refractivity contribution < 1.29 is 14.3 Å². The topological polar surface area (TPSA) is 47.6 Å². The fraction of sp³-hybridized carbons (Fsp3) is 0.188. The van der Waals surface area contributed by atoms with Crippen molar-refractivity contribution in [3.05, 3.63) is 51.5 Å². The van der Waals surface area contributed by atoms with Crippen LogP contribution in [-0.2, 0) is 4.79 Å². The van der Waals surface area contributed by atoms with Gasteiger partial charge in [0.2, 0.25) is 0 Å². The van der Waals surface area contributed by atoms with Crippen LogP contribution in [0, 0.1) is 6.92 Å². The van der Waals surface area contributed by atoms with Crippen molar-refractivity contribution in [3.63, 3.8) is 0 Å². The third-order valence-corrected chi connectivity index (χ3v) is 3.67. The standard InChI is InChI=1S/C16H15BrClNO3/c1-10-3-5-15(21-2)13(7-10)19-16(20)9-22-14-6-4-11(17)8-12(14)18/h3-8H,9H2,1-2H3,(H,19,20). The Labute approximate surface area is 142 Å². The van der Waals surface area contributed by atoms with Gasteiger partial charge in [-0.25, -0.2) is 0 Å². The highest BCUT2D eigenvalue weighted by atomic mass is 79.9. The maximum absolute atomic E-state index is 12.0. The first-order valence-corrected chi connectivity index (χ1v) is 7.69. The maximum atomic E-state index is 12.0. The first-order chi connectivity index (χ1) is 10.5. The number of rotatable bonds is 5. The molecule has 2 aromatic carbocycles. The van der Waals surface area contributed by atoms with E-state index in [0.29, 0.717) is 22.2 Å². The lowest BCUT2D eigenvalue weighted by Crippen LogP contribution is -2.20. The van der Waals surface area contributed by atoms with Crippen LogP contribution in [0.5, 0.6) is 11.5 Å². The number of methoxy groups -OCH3 is 1. The largest absolute Gasteiger partial charge is 0.495 e. The fourth-order valence-corrected chi connectivity index (χ4v) is 2.57. The molecule has 0 fully saturated rings. The molecule has 0 unspecified atom stereocenters. The summed E-state index contributed by atoms with van der Waals surface area (Å²) >= 11 is 9.34. The van der Waals surface area contributed by atoms with Crippen LogP contribution in [0.4, 0.5) is 5.69 Å². The predicted molar refractivity (Wildman–Crippen MR) is 91.0 cm³/mol. The average Bonchev–Trinajstić information content (AvgIpc) is 2.46. The Bertz CT molecular complexity index is 691. The van der Waals surface area contributed by atoms with E-state index in [9.17, 15) is 4.79 Å². The molecule has 0 spiro atoms. The Morgan fingerprint density at radius 1 is 1.23 bits per heavy atom. The van der Waals surface area contributed by atoms with E-state index in [-0.39, 0.29) is 12.5 Å². The normalized spacial score (nSPS) is 10.2. The number of benzene rings is 2. The summed E-state index contributed by atoms with van der Waals surface area (Å²) in [6.07, 6.45) is 0. The minimum atomic E-state index is -0.289. The maximum Gasteiger partial charge on any atom is 0.262 e. The smallest absolute Gasteiger partial charge is 0.262 e. The highest BCUT2D eigenvalue weighted by Gasteiger charge is 2.10. The van der Waals surface area contributed by atoms with Gasteiger partial charge in [-0.2, -0.15) is 0 Å². The van der Waals surface area contributed by atoms with E-state index in [1.54, 1.807) is 31.4 Å². The monoisotopic (exact) mass is 383 g/mol. The number of carbonyl (C=O) groups excluding carboxylic acids is 1. The summed E-state index contributed by atoms with van der Waals surface area (Å²) in [7, 11) is 1.55. The van der Waals surface area contributed by atoms with Crippen molar-refractivity contribution in [1.82, 2.24) is 0 Å². The molecule has 4 nitrogen and oxygen atoms in total. The molecule has 2 rings (SSSR count). The number of carbonyl (C=O) groups is 1. The molecule has 0 radical (unpaired) electrons. The summed E-state index contributed by atoms with van der Waals surface area (Å²) in [6.45, 7) is 1.80. The highest BCUT2D eigenvalue weighted by Crippen LogP contribution is 2.28. The molecule has 1 N–H and O–H groups in total. The summed E-state index contributed by atoms with van der Waals surface area (Å²) in [5.74, 6) is 0.764. The summed E-state index contributed by atoms with van der Waals surface area (Å²) in [6, 6.07) is 10.8. The Kier molecular flexibility index (Phi) is 5.69. The number of nitrogens with one attached hydrogen (secondary N) is 1. The molecule has 0 bridgehead atoms. The number of hydrogen-bond donors (Lipinski definition) is 1. The molecule has 6 heteroatoms. The zero-order valence-electron chi connectivity index (χ0n) is 12.2. The fourth-order valence-electron chi connectivity index (χ4n) is 1.84. The van der Waals surface area contributed by atoms with Gasteiger partial charge in [-0.05, 0) is 42.8 Å². The average molecular weight is 385 g/mol. The van der Waals surface area contributed by atoms with Crippen LogP contribution in [0.2, 0.25) is 5.02 Å². The first kappa shape index (κ1) is 16.6. The van der Waals surface area contributed by atoms with Gasteiger partial charge in [0.05, 0.1) is 17.8 Å². The second-order valence-electron chi connectivity index (χ2n) is 4.62. The summed E-state index contributed by atoms with van der Waals surface area (Å²) < 4.78 is 11.5. The molecule has 2 aromatic rings. The van der Waals surface area contributed by atoms with Crippen molar-refractivity contribution in [2.75, 3.05) is 19.0 Å². The number of ether oxygens (including phenoxy) is 2. The molecule has 0 saturated heterocycles. The lowest BCUT2D eigenvalue weighted by Gasteiger charge is -2.12. The van der Waals surface area contributed by atoms with Gasteiger partial charge in [-0.3, -0.25) is 4.79 Å². The summed E-state index contributed by atoms with van der Waals surface area (Å²) in [5, 5.41) is 3.20. The van der Waals surface area contributed by atoms with E-state index in [2.05, 4.69) is 21.2 Å². The predicted octanol–water partition coefficient (Wildman–Crippen LogP) is 4.44. The number of halogens is 2. The van der Waals surface area contributed by atoms with Gasteiger partial charge in [-0.1, -0.05) is 33.6 Å². The molecule has 1 amide bonds. The van der Waals surface area contributed by atoms with Gasteiger partial charge in [0.25, 0.3) is 5.91 Å². The van der Waals surface area contributed by atoms with E-state index in [0.717, 1.165) is 10.0 Å². The molecule has 0 aromatic heterocycles. The van der Waals surface area contributed by atoms with Gasteiger partial charge >= 0.3 is 0 Å². The molecule has 22 heavy (non-hydrogen) atoms. The second kappa shape index (κ2) is 7.51. The van der Waals surface area contributed by atoms with Gasteiger partial charge in [0.1, 0.15) is 11.5 Å². The van der Waals surface area contributed by atoms with Crippen LogP contribution in [-0.4, -0.2) is 19.6 Å². The number of aryl methyl sites for hydroxylation is 1. The Morgan fingerprint density at radius 3 is 2.64 bits per heavy atom. The van der Waals surface area contributed by atoms with E-state index in [1.165, 1.54) is 0 Å². The highest BCUT2D eigenvalue weighted by molar-refractivity contribution is 9.10. The quantitative estimate of drug-likeness (QED) is 0.829. The van der Waals surface area contributed by atoms with Crippen molar-refractivity contribution in [2.24, 2.45) is 0 Å². The van der Waals surface area contributed by atoms with Crippen LogP contribution in [0.3, 0.4) is 0 Å². The van der Waals surface area contributed by atoms with Gasteiger partial charge < -0.3 is 14.8 Å². The third kappa shape index (κ3) is 4.39. The van der Waals surface area contributed by atoms with Crippen molar-refractivity contribution in [2.45, 2.75) is 6.92 Å². The number of amides is 1. The van der Waals surface area contributed by atoms with Crippen molar-refractivity contribution in [1.29, 1.82) is 0 Å². The molecule has 0 aliphatic carbocycles. The zero-order chi connectivity index (χ0) is 16.1. The van der Waals surface area contributed by atoms with Crippen LogP contribution < -0.4 is 14.8 Å². The number of anilines is 1. The minimum absolute atomic E-state index is 0.140. The Hall–Kier alpha value is -1.72. The van der Waals surface area contributed by atoms with Crippen molar-refractivity contribution >= 4 is 39.1 Å². The molecule has 0 heterocycles. The number of hydrogen-bond acceptors (Lipinski definition) is 3. The van der Waals surface area contributed by atoms with E-state index >= 15 is 0 Å². The lowest BCUT2D eigenvalue weighted by atomic mass is 10.2. The SMILES string of the molecule is COc1ccc(C)cc1NC(=O)COc1ccc(Br)cc1Cl. The van der Waals surface area contributed by atoms with E-state index < -0.39 is 0 Å². The first-order valence-electron chi connectivity index (χ1n) is 6.52. The zero-order valence-corrected chi connectivity index (χ0v) is 14.5. The van der Waals surface area contributed by atoms with E-state index in [1.807, 2.05) is 19.1 Å². The molecule has 116 valence electrons. The molecule has 0 atom stereocenters. The molecular formula is C16H15BrClNO3. The molecule has 0 aliphatic heterocycles. The molecule has 0 saturated carbocycles. The van der Waals surface area contributed by atoms with Gasteiger partial charge in [0.15, 0.2) is 6.61 Å². The van der Waals surface area contributed by atoms with Crippen LogP contribution in [0.15, 0.2) is 40.9 Å². The van der Waals surface area contributed by atoms with Gasteiger partial charge in [0, 0.05) is 4.47 Å². The minimum Gasteiger partial charge on any atom is -0.495 e. The Morgan fingerprint density at radius 2 is 1.95 bits per heavy atom. The summed E-state index contributed by atoms with van der Waals surface area (Å²) in [5.41, 5.74) is 1.63. The van der Waals surface area contributed by atoms with Crippen LogP contribution in [0.1, 0.15) is 5.56 Å². The molecular weight excluding hydrogens is 370 g/mol. The summed E-state index contributed by atoms with van der Waals surface area (Å²) in [4.78, 5) is 12.0. The third-order valence-electron chi connectivity index (χ3n) is 2.88. The second-order valence-corrected chi connectivity index (χ2v) is 5.94.